The molecule has 4 aromatic rings. The number of hydrogen-bond acceptors (Lipinski definition) is 3. The molecular weight excluding hydrogens is 446 g/mol. The lowest BCUT2D eigenvalue weighted by atomic mass is 9.87. The van der Waals surface area contributed by atoms with Crippen molar-refractivity contribution in [1.82, 2.24) is 14.8 Å². The lowest BCUT2D eigenvalue weighted by Crippen LogP contribution is -2.48. The van der Waals surface area contributed by atoms with Gasteiger partial charge in [-0.1, -0.05) is 67.6 Å². The van der Waals surface area contributed by atoms with Crippen LogP contribution in [0.1, 0.15) is 41.5 Å². The Labute approximate surface area is 213 Å². The Kier molecular flexibility index (Phi) is 7.38. The van der Waals surface area contributed by atoms with Crippen molar-refractivity contribution in [3.8, 4) is 5.75 Å². The Morgan fingerprint density at radius 2 is 1.75 bits per heavy atom. The molecule has 1 aromatic heterocycles. The molecule has 1 atom stereocenters. The number of nitrogens with zero attached hydrogens (tertiary/aromatic N) is 2. The number of amides is 1. The molecule has 0 aliphatic carbocycles. The summed E-state index contributed by atoms with van der Waals surface area (Å²) in [7, 11) is 1.69. The largest absolute Gasteiger partial charge is 0.497 e. The van der Waals surface area contributed by atoms with Crippen LogP contribution in [0.5, 0.6) is 5.75 Å². The zero-order chi connectivity index (χ0) is 24.9. The van der Waals surface area contributed by atoms with Gasteiger partial charge in [-0.15, -0.1) is 0 Å². The van der Waals surface area contributed by atoms with E-state index in [1.807, 2.05) is 17.0 Å². The first-order chi connectivity index (χ1) is 17.7. The van der Waals surface area contributed by atoms with Crippen LogP contribution in [0.2, 0.25) is 0 Å². The normalized spacial score (nSPS) is 15.2. The van der Waals surface area contributed by atoms with Crippen LogP contribution in [0, 0.1) is 0 Å². The van der Waals surface area contributed by atoms with E-state index >= 15 is 0 Å². The van der Waals surface area contributed by atoms with E-state index in [9.17, 15) is 4.79 Å². The molecule has 36 heavy (non-hydrogen) atoms. The number of aromatic amines is 1. The van der Waals surface area contributed by atoms with E-state index in [-0.39, 0.29) is 11.8 Å². The summed E-state index contributed by atoms with van der Waals surface area (Å²) in [6, 6.07) is 25.2. The molecule has 5 nitrogen and oxygen atoms in total. The minimum Gasteiger partial charge on any atom is -0.497 e. The van der Waals surface area contributed by atoms with Gasteiger partial charge in [0, 0.05) is 62.2 Å². The fraction of sp³-hybridized carbons (Fsp3) is 0.323. The van der Waals surface area contributed by atoms with Gasteiger partial charge in [0.15, 0.2) is 0 Å². The molecule has 1 saturated heterocycles. The number of aromatic nitrogens is 1. The fourth-order valence-electron chi connectivity index (χ4n) is 5.39. The lowest BCUT2D eigenvalue weighted by molar-refractivity contribution is -0.133. The van der Waals surface area contributed by atoms with E-state index in [4.69, 9.17) is 4.74 Å². The molecule has 1 fully saturated rings. The van der Waals surface area contributed by atoms with Crippen LogP contribution in [-0.2, 0) is 17.8 Å². The zero-order valence-electron chi connectivity index (χ0n) is 21.2. The number of piperazine rings is 1. The van der Waals surface area contributed by atoms with Crippen molar-refractivity contribution in [2.75, 3.05) is 33.3 Å². The molecule has 1 amide bonds. The molecule has 1 aliphatic rings. The Bertz CT molecular complexity index is 1310. The number of carbonyl (C=O) groups excluding carboxylic acids is 1. The highest BCUT2D eigenvalue weighted by Crippen LogP contribution is 2.36. The third-order valence-electron chi connectivity index (χ3n) is 7.44. The molecule has 0 radical (unpaired) electrons. The summed E-state index contributed by atoms with van der Waals surface area (Å²) in [4.78, 5) is 21.6. The maximum absolute atomic E-state index is 13.6. The Morgan fingerprint density at radius 3 is 2.50 bits per heavy atom. The average Bonchev–Trinajstić information content (AvgIpc) is 3.36. The quantitative estimate of drug-likeness (QED) is 0.356. The number of rotatable bonds is 8. The summed E-state index contributed by atoms with van der Waals surface area (Å²) in [5.41, 5.74) is 6.06. The third-order valence-corrected chi connectivity index (χ3v) is 7.44. The highest BCUT2D eigenvalue weighted by atomic mass is 16.5. The topological polar surface area (TPSA) is 48.6 Å². The molecule has 1 aliphatic heterocycles. The molecule has 1 N–H and O–H groups in total. The Balaban J connectivity index is 1.36. The van der Waals surface area contributed by atoms with Crippen LogP contribution in [0.3, 0.4) is 0 Å². The van der Waals surface area contributed by atoms with Crippen LogP contribution >= 0.6 is 0 Å². The maximum Gasteiger partial charge on any atom is 0.223 e. The molecule has 0 spiro atoms. The number of ether oxygens (including phenoxy) is 1. The molecule has 186 valence electrons. The number of hydrogen-bond donors (Lipinski definition) is 1. The van der Waals surface area contributed by atoms with Crippen molar-refractivity contribution < 1.29 is 9.53 Å². The van der Waals surface area contributed by atoms with Gasteiger partial charge in [-0.2, -0.15) is 0 Å². The van der Waals surface area contributed by atoms with Crippen LogP contribution in [0.25, 0.3) is 10.9 Å². The predicted molar refractivity (Wildman–Crippen MR) is 145 cm³/mol. The van der Waals surface area contributed by atoms with E-state index in [2.05, 4.69) is 83.7 Å². The van der Waals surface area contributed by atoms with Crippen LogP contribution in [0.4, 0.5) is 0 Å². The van der Waals surface area contributed by atoms with Gasteiger partial charge in [-0.3, -0.25) is 9.69 Å². The van der Waals surface area contributed by atoms with Gasteiger partial charge in [0.1, 0.15) is 5.75 Å². The van der Waals surface area contributed by atoms with E-state index in [1.165, 1.54) is 27.6 Å². The van der Waals surface area contributed by atoms with Crippen LogP contribution in [0.15, 0.2) is 79.0 Å². The second-order valence-electron chi connectivity index (χ2n) is 9.61. The highest BCUT2D eigenvalue weighted by Gasteiger charge is 2.27. The summed E-state index contributed by atoms with van der Waals surface area (Å²) >= 11 is 0. The summed E-state index contributed by atoms with van der Waals surface area (Å²) in [6.07, 6.45) is 3.50. The number of aryl methyl sites for hydroxylation is 1. The fourth-order valence-corrected chi connectivity index (χ4v) is 5.39. The van der Waals surface area contributed by atoms with Crippen LogP contribution < -0.4 is 4.74 Å². The van der Waals surface area contributed by atoms with Gasteiger partial charge in [-0.05, 0) is 40.8 Å². The average molecular weight is 482 g/mol. The van der Waals surface area contributed by atoms with E-state index in [0.29, 0.717) is 6.42 Å². The second kappa shape index (κ2) is 11.0. The van der Waals surface area contributed by atoms with E-state index in [0.717, 1.165) is 50.5 Å². The van der Waals surface area contributed by atoms with Gasteiger partial charge < -0.3 is 14.6 Å². The first-order valence-corrected chi connectivity index (χ1v) is 12.9. The molecule has 5 rings (SSSR count). The first kappa shape index (κ1) is 24.1. The standard InChI is InChI=1S/C31H35N3O2/c1-3-24-11-8-14-27-29(21-32-31(24)27)28(25-12-7-13-26(19-25)36-2)20-30(35)34-17-15-33(16-18-34)22-23-9-5-4-6-10-23/h4-14,19,21,28,32H,3,15-18,20,22H2,1-2H3. The number of methoxy groups -OCH3 is 1. The molecule has 5 heteroatoms. The SMILES string of the molecule is CCc1cccc2c(C(CC(=O)N3CCN(Cc4ccccc4)CC3)c3cccc(OC)c3)c[nH]c12. The predicted octanol–water partition coefficient (Wildman–Crippen LogP) is 5.61. The number of carbonyl (C=O) groups is 1. The van der Waals surface area contributed by atoms with Gasteiger partial charge in [0.2, 0.25) is 5.91 Å². The van der Waals surface area contributed by atoms with Crippen molar-refractivity contribution in [2.24, 2.45) is 0 Å². The number of nitrogens with one attached hydrogen (secondary N) is 1. The molecule has 0 bridgehead atoms. The van der Waals surface area contributed by atoms with Crippen molar-refractivity contribution in [3.63, 3.8) is 0 Å². The van der Waals surface area contributed by atoms with Gasteiger partial charge in [0.05, 0.1) is 7.11 Å². The lowest BCUT2D eigenvalue weighted by Gasteiger charge is -2.35. The van der Waals surface area contributed by atoms with Crippen molar-refractivity contribution >= 4 is 16.8 Å². The summed E-state index contributed by atoms with van der Waals surface area (Å²) in [6.45, 7) is 6.45. The maximum atomic E-state index is 13.6. The minimum absolute atomic E-state index is 0.0456. The zero-order valence-corrected chi connectivity index (χ0v) is 21.2. The van der Waals surface area contributed by atoms with Crippen molar-refractivity contribution in [1.29, 1.82) is 0 Å². The minimum atomic E-state index is -0.0456. The van der Waals surface area contributed by atoms with Crippen LogP contribution in [-0.4, -0.2) is 54.0 Å². The summed E-state index contributed by atoms with van der Waals surface area (Å²) in [5, 5.41) is 1.20. The number of benzene rings is 3. The number of fused-ring (bicyclic) bond motifs is 1. The number of para-hydroxylation sites is 1. The summed E-state index contributed by atoms with van der Waals surface area (Å²) < 4.78 is 5.52. The highest BCUT2D eigenvalue weighted by molar-refractivity contribution is 5.88. The smallest absolute Gasteiger partial charge is 0.223 e. The van der Waals surface area contributed by atoms with Crippen molar-refractivity contribution in [3.05, 3.63) is 101 Å². The summed E-state index contributed by atoms with van der Waals surface area (Å²) in [5.74, 6) is 0.979. The monoisotopic (exact) mass is 481 g/mol. The third kappa shape index (κ3) is 5.17. The van der Waals surface area contributed by atoms with Gasteiger partial charge in [0.25, 0.3) is 0 Å². The second-order valence-corrected chi connectivity index (χ2v) is 9.61. The Morgan fingerprint density at radius 1 is 0.972 bits per heavy atom. The van der Waals surface area contributed by atoms with E-state index < -0.39 is 0 Å². The number of H-pyrrole nitrogens is 1. The molecule has 2 heterocycles. The van der Waals surface area contributed by atoms with Crippen molar-refractivity contribution in [2.45, 2.75) is 32.2 Å². The van der Waals surface area contributed by atoms with E-state index in [1.54, 1.807) is 7.11 Å². The van der Waals surface area contributed by atoms with Gasteiger partial charge >= 0.3 is 0 Å². The first-order valence-electron chi connectivity index (χ1n) is 12.9. The Hall–Kier alpha value is -3.57. The molecule has 1 unspecified atom stereocenters. The molecule has 3 aromatic carbocycles. The molecule has 0 saturated carbocycles. The van der Waals surface area contributed by atoms with Gasteiger partial charge in [-0.25, -0.2) is 0 Å². The molecular formula is C31H35N3O2.